The number of amides is 4. The summed E-state index contributed by atoms with van der Waals surface area (Å²) in [5.74, 6) is -2.98. The molecular weight excluding hydrogens is 1520 g/mol. The van der Waals surface area contributed by atoms with Crippen molar-refractivity contribution in [3.63, 3.8) is 0 Å². The first kappa shape index (κ1) is 112. The van der Waals surface area contributed by atoms with Crippen LogP contribution in [-0.4, -0.2) is 148 Å². The Bertz CT molecular complexity index is 2520. The van der Waals surface area contributed by atoms with E-state index in [2.05, 4.69) is 87.1 Å². The van der Waals surface area contributed by atoms with E-state index in [1.165, 1.54) is 101 Å². The molecule has 0 saturated carbocycles. The van der Waals surface area contributed by atoms with Gasteiger partial charge in [0, 0.05) is 50.3 Å². The van der Waals surface area contributed by atoms with E-state index in [1.807, 2.05) is 0 Å². The minimum atomic E-state index is -5.04. The maximum Gasteiger partial charge on any atom is 1.00 e. The Morgan fingerprint density at radius 3 is 0.983 bits per heavy atom. The third-order valence-electron chi connectivity index (χ3n) is 19.9. The van der Waals surface area contributed by atoms with Gasteiger partial charge in [-0.25, -0.2) is 0 Å². The number of nitrogens with one attached hydrogen (secondary N) is 4. The molecule has 115 heavy (non-hydrogen) atoms. The molecule has 0 bridgehead atoms. The zero-order valence-electron chi connectivity index (χ0n) is 72.6. The number of phosphoric ester groups is 2. The number of benzene rings is 1. The Balaban J connectivity index is 0.000130. The van der Waals surface area contributed by atoms with Gasteiger partial charge in [0.1, 0.15) is 12.2 Å². The van der Waals surface area contributed by atoms with E-state index in [-0.39, 0.29) is 118 Å². The number of unbranched alkanes of at least 4 members (excludes halogenated alkanes) is 32. The first-order valence-electron chi connectivity index (χ1n) is 44.9. The molecule has 1 aromatic carbocycles. The van der Waals surface area contributed by atoms with Crippen LogP contribution in [0.25, 0.3) is 0 Å². The van der Waals surface area contributed by atoms with E-state index < -0.39 is 102 Å². The second-order valence-electron chi connectivity index (χ2n) is 30.8. The van der Waals surface area contributed by atoms with Crippen LogP contribution in [0.15, 0.2) is 48.6 Å². The summed E-state index contributed by atoms with van der Waals surface area (Å²) in [4.78, 5) is 107. The van der Waals surface area contributed by atoms with Crippen molar-refractivity contribution in [1.29, 1.82) is 0 Å². The molecule has 0 heterocycles. The fraction of sp³-hybridized carbons (Fsp3) is 0.818. The van der Waals surface area contributed by atoms with Crippen molar-refractivity contribution in [3.05, 3.63) is 59.7 Å². The maximum atomic E-state index is 13.8. The van der Waals surface area contributed by atoms with Crippen molar-refractivity contribution in [2.45, 2.75) is 399 Å². The molecule has 0 aliphatic rings. The van der Waals surface area contributed by atoms with Gasteiger partial charge in [0.05, 0.1) is 76.8 Å². The predicted octanol–water partition coefficient (Wildman–Crippen LogP) is 15.4. The number of hydrogen-bond donors (Lipinski definition) is 6. The third kappa shape index (κ3) is 69.9. The van der Waals surface area contributed by atoms with Crippen LogP contribution in [0.5, 0.6) is 0 Å². The quantitative estimate of drug-likeness (QED) is 0.0116. The van der Waals surface area contributed by atoms with Crippen molar-refractivity contribution in [2.75, 3.05) is 65.9 Å². The first-order valence-corrected chi connectivity index (χ1v) is 47.8. The zero-order valence-corrected chi connectivity index (χ0v) is 76.4. The summed E-state index contributed by atoms with van der Waals surface area (Å²) in [6.45, 7) is 10.3. The summed E-state index contributed by atoms with van der Waals surface area (Å²) >= 11 is 0. The number of rotatable bonds is 82. The molecule has 27 heteroatoms. The minimum absolute atomic E-state index is 0. The summed E-state index contributed by atoms with van der Waals surface area (Å²) in [6.07, 6.45) is 50.8. The van der Waals surface area contributed by atoms with Crippen molar-refractivity contribution < 1.29 is 124 Å². The van der Waals surface area contributed by atoms with Crippen LogP contribution in [0, 0.1) is 0 Å². The number of aliphatic hydroxyl groups excluding tert-OH is 2. The van der Waals surface area contributed by atoms with Crippen molar-refractivity contribution in [1.82, 2.24) is 21.3 Å². The molecule has 8 unspecified atom stereocenters. The van der Waals surface area contributed by atoms with E-state index >= 15 is 0 Å². The summed E-state index contributed by atoms with van der Waals surface area (Å²) in [5.41, 5.74) is 0.242. The van der Waals surface area contributed by atoms with Crippen LogP contribution in [-0.2, 0) is 65.4 Å². The van der Waals surface area contributed by atoms with E-state index in [0.717, 1.165) is 167 Å². The number of carbonyl (C=O) groups excluding carboxylic acids is 6. The first-order chi connectivity index (χ1) is 55.2. The molecule has 1 aromatic rings. The van der Waals surface area contributed by atoms with Crippen molar-refractivity contribution in [3.8, 4) is 0 Å². The van der Waals surface area contributed by atoms with Gasteiger partial charge in [0.2, 0.25) is 11.8 Å². The minimum Gasteiger partial charge on any atom is -0.756 e. The largest absolute Gasteiger partial charge is 1.00 e. The molecule has 0 radical (unpaired) electrons. The molecule has 6 N–H and O–H groups in total. The Morgan fingerprint density at radius 2 is 0.661 bits per heavy atom. The fourth-order valence-corrected chi connectivity index (χ4v) is 14.4. The van der Waals surface area contributed by atoms with Gasteiger partial charge >= 0.3 is 41.5 Å². The van der Waals surface area contributed by atoms with Crippen LogP contribution in [0.4, 0.5) is 0 Å². The number of hydrogen-bond acceptors (Lipinski definition) is 20. The summed E-state index contributed by atoms with van der Waals surface area (Å²) in [6, 6.07) is 3.50. The summed E-state index contributed by atoms with van der Waals surface area (Å²) in [7, 11) is -10.1. The third-order valence-corrected chi connectivity index (χ3v) is 21.8. The van der Waals surface area contributed by atoms with Crippen LogP contribution in [0.3, 0.4) is 0 Å². The van der Waals surface area contributed by atoms with Gasteiger partial charge in [-0.2, -0.15) is 0 Å². The Kier molecular flexibility index (Phi) is 75.6. The molecule has 4 amide bonds. The van der Waals surface area contributed by atoms with Crippen LogP contribution in [0.1, 0.15) is 383 Å². The van der Waals surface area contributed by atoms with Gasteiger partial charge in [0.25, 0.3) is 27.5 Å². The monoisotopic (exact) mass is 1680 g/mol. The normalized spacial score (nSPS) is 14.3. The molecule has 8 atom stereocenters. The van der Waals surface area contributed by atoms with Crippen molar-refractivity contribution in [2.24, 2.45) is 0 Å². The zero-order chi connectivity index (χ0) is 83.7. The number of phosphoric acid groups is 2. The van der Waals surface area contributed by atoms with E-state index in [9.17, 15) is 57.9 Å². The summed E-state index contributed by atoms with van der Waals surface area (Å²) < 4.78 is 70.7. The molecule has 0 saturated heterocycles. The molecule has 24 nitrogen and oxygen atoms in total. The van der Waals surface area contributed by atoms with Gasteiger partial charge in [-0.3, -0.25) is 37.9 Å². The smallest absolute Gasteiger partial charge is 0.756 e. The number of ether oxygens (including phenoxy) is 4. The topological polar surface area (TPSA) is 345 Å². The Morgan fingerprint density at radius 1 is 0.374 bits per heavy atom. The van der Waals surface area contributed by atoms with Gasteiger partial charge in [-0.1, -0.05) is 258 Å². The maximum absolute atomic E-state index is 13.8. The van der Waals surface area contributed by atoms with Gasteiger partial charge < -0.3 is 78.3 Å². The second-order valence-corrected chi connectivity index (χ2v) is 33.6. The molecular formula is C88H158N4NaO20P2-. The molecule has 0 spiro atoms. The van der Waals surface area contributed by atoms with Gasteiger partial charge in [0.15, 0.2) is 0 Å². The second kappa shape index (κ2) is 77.9. The molecule has 662 valence electrons. The molecule has 0 fully saturated rings. The molecule has 0 aliphatic heterocycles. The number of carbonyl (C=O) groups is 6. The van der Waals surface area contributed by atoms with E-state index in [4.69, 9.17) is 37.0 Å². The average Bonchev–Trinajstić information content (AvgIpc) is 0.873. The van der Waals surface area contributed by atoms with Crippen LogP contribution < -0.4 is 60.6 Å². The van der Waals surface area contributed by atoms with E-state index in [0.29, 0.717) is 51.4 Å². The Labute approximate surface area is 717 Å². The Hall–Kier alpha value is -3.42. The SMILES string of the molecule is CCCCC/C=C\CCCC(=O)OC(CCCCCCCCCCC)CC(=O)NC(COCCC(O)CCCCCCC)COP(=O)([O-])OCCNC(=O)c1ccc(C(=O)NCCOP(=O)([O-])OCC(COCCC(O)CCCCCCC)NC(=O)CC(CCCCCCCCCCC)OC(=O)CCC/C=C\CCCCC)cc1.[Na+]. The standard InChI is InChI=1S/C88H160N4O20P2.Na/c1-7-13-19-25-29-33-35-41-47-53-81(111-85(97)55-49-43-37-31-27-21-15-9-3)69-83(95)91-77(71-105-65-61-79(93)51-45-39-23-17-11-5)73-109-113(101,102)107-67-63-89-87(99)75-57-59-76(60-58-75)88(100)90-64-68-108-114(103,104)110-74-78(72-106-66-62-80(94)52-46-40-24-18-12-6)92-84(96)70-82(54-48-42-36-34-30-26-20-14-8-2)112-86(98)56-50-44-38-32-28-22-16-10-4;/h31-32,37-38,57-60,77-82,93-94H,7-30,33-36,39-56,61-74H2,1-6H3,(H,89,99)(H,90,100)(H,91,95)(H,92,96)(H,101,102)(H,103,104);/q;+1/p-2/b37-31-,38-32-;. The number of allylic oxidation sites excluding steroid dienone is 4. The average molecular weight is 1680 g/mol. The fourth-order valence-electron chi connectivity index (χ4n) is 12.9. The predicted molar refractivity (Wildman–Crippen MR) is 451 cm³/mol. The van der Waals surface area contributed by atoms with Gasteiger partial charge in [-0.05, 0) is 127 Å². The van der Waals surface area contributed by atoms with Crippen molar-refractivity contribution >= 4 is 51.2 Å². The summed E-state index contributed by atoms with van der Waals surface area (Å²) in [5, 5.41) is 32.0. The molecule has 0 aliphatic carbocycles. The number of aliphatic hydroxyl groups is 2. The van der Waals surface area contributed by atoms with Crippen LogP contribution >= 0.6 is 15.6 Å². The van der Waals surface area contributed by atoms with Crippen LogP contribution in [0.2, 0.25) is 0 Å². The van der Waals surface area contributed by atoms with E-state index in [1.54, 1.807) is 0 Å². The molecule has 1 rings (SSSR count). The molecule has 0 aromatic heterocycles. The number of esters is 2. The van der Waals surface area contributed by atoms with Gasteiger partial charge in [-0.15, -0.1) is 0 Å².